The summed E-state index contributed by atoms with van der Waals surface area (Å²) in [5.41, 5.74) is 0. The first-order valence-electron chi connectivity index (χ1n) is 6.76. The molecule has 1 aliphatic carbocycles. The number of fused-ring (bicyclic) bond motifs is 1. The molecule has 0 aromatic heterocycles. The summed E-state index contributed by atoms with van der Waals surface area (Å²) in [7, 11) is 1.37. The smallest absolute Gasteiger partial charge is 0.331 e. The Morgan fingerprint density at radius 2 is 2.05 bits per heavy atom. The van der Waals surface area contributed by atoms with Crippen LogP contribution in [0.25, 0.3) is 0 Å². The molecule has 3 amide bonds. The number of aliphatic hydroxyl groups is 3. The largest absolute Gasteiger partial charge is 0.394 e. The molecule has 3 N–H and O–H groups in total. The normalized spacial score (nSPS) is 42.5. The molecule has 118 valence electrons. The van der Waals surface area contributed by atoms with Gasteiger partial charge in [-0.3, -0.25) is 9.69 Å². The zero-order chi connectivity index (χ0) is 15.3. The molecule has 21 heavy (non-hydrogen) atoms. The molecule has 9 nitrogen and oxygen atoms in total. The lowest BCUT2D eigenvalue weighted by molar-refractivity contribution is -0.142. The number of imide groups is 1. The van der Waals surface area contributed by atoms with E-state index in [2.05, 4.69) is 0 Å². The highest BCUT2D eigenvalue weighted by Crippen LogP contribution is 2.44. The first kappa shape index (κ1) is 14.7. The van der Waals surface area contributed by atoms with Crippen LogP contribution in [0.3, 0.4) is 0 Å². The highest BCUT2D eigenvalue weighted by atomic mass is 16.6. The molecule has 0 radical (unpaired) electrons. The number of nitrogens with zero attached hydrogens (tertiary/aromatic N) is 2. The van der Waals surface area contributed by atoms with Gasteiger partial charge in [-0.05, 0) is 6.42 Å². The SMILES string of the molecule is COCN1C(=O)[C@@H]2C[C@H]2N([C@@H]2O[C@H](CO)[C@@H](O)[C@H]2O)C1=O. The summed E-state index contributed by atoms with van der Waals surface area (Å²) in [4.78, 5) is 26.6. The van der Waals surface area contributed by atoms with Gasteiger partial charge in [-0.2, -0.15) is 0 Å². The minimum Gasteiger partial charge on any atom is -0.394 e. The van der Waals surface area contributed by atoms with Gasteiger partial charge in [0.1, 0.15) is 25.0 Å². The predicted octanol–water partition coefficient (Wildman–Crippen LogP) is -2.32. The monoisotopic (exact) mass is 302 g/mol. The van der Waals surface area contributed by atoms with E-state index in [1.165, 1.54) is 12.0 Å². The van der Waals surface area contributed by atoms with Gasteiger partial charge < -0.3 is 24.8 Å². The number of methoxy groups -OCH3 is 1. The van der Waals surface area contributed by atoms with Crippen molar-refractivity contribution in [2.24, 2.45) is 5.92 Å². The summed E-state index contributed by atoms with van der Waals surface area (Å²) in [6.45, 7) is -0.641. The molecule has 6 atom stereocenters. The molecule has 3 aliphatic rings. The summed E-state index contributed by atoms with van der Waals surface area (Å²) in [6, 6.07) is -0.946. The van der Waals surface area contributed by atoms with Crippen molar-refractivity contribution >= 4 is 11.9 Å². The Morgan fingerprint density at radius 1 is 1.33 bits per heavy atom. The van der Waals surface area contributed by atoms with Crippen LogP contribution in [0.15, 0.2) is 0 Å². The zero-order valence-corrected chi connectivity index (χ0v) is 11.5. The van der Waals surface area contributed by atoms with Crippen LogP contribution >= 0.6 is 0 Å². The van der Waals surface area contributed by atoms with E-state index in [1.807, 2.05) is 0 Å². The van der Waals surface area contributed by atoms with Crippen LogP contribution in [0.1, 0.15) is 6.42 Å². The lowest BCUT2D eigenvalue weighted by atomic mass is 10.1. The maximum atomic E-state index is 12.4. The maximum absolute atomic E-state index is 12.4. The summed E-state index contributed by atoms with van der Waals surface area (Å²) < 4.78 is 10.2. The van der Waals surface area contributed by atoms with Crippen LogP contribution in [0.4, 0.5) is 4.79 Å². The molecular formula is C12H18N2O7. The Morgan fingerprint density at radius 3 is 2.62 bits per heavy atom. The molecule has 0 bridgehead atoms. The standard InChI is InChI=1S/C12H18N2O7/c1-20-4-13-10(18)5-2-6(5)14(12(13)19)11-9(17)8(16)7(3-15)21-11/h5-9,11,15-17H,2-4H2,1H3/t5-,6-,7-,8-,9-,11-/m1/s1. The number of carbonyl (C=O) groups excluding carboxylic acids is 2. The number of hydrogen-bond donors (Lipinski definition) is 3. The first-order chi connectivity index (χ1) is 10.0. The molecule has 0 unspecified atom stereocenters. The van der Waals surface area contributed by atoms with E-state index in [9.17, 15) is 19.8 Å². The van der Waals surface area contributed by atoms with Crippen molar-refractivity contribution in [3.63, 3.8) is 0 Å². The van der Waals surface area contributed by atoms with Crippen molar-refractivity contribution in [1.82, 2.24) is 9.80 Å². The number of ether oxygens (including phenoxy) is 2. The van der Waals surface area contributed by atoms with Crippen LogP contribution in [0, 0.1) is 5.92 Å². The van der Waals surface area contributed by atoms with Gasteiger partial charge >= 0.3 is 6.03 Å². The maximum Gasteiger partial charge on any atom is 0.331 e. The molecule has 1 saturated carbocycles. The third-order valence-electron chi connectivity index (χ3n) is 4.20. The van der Waals surface area contributed by atoms with Gasteiger partial charge in [0.25, 0.3) is 0 Å². The minimum atomic E-state index is -1.33. The molecule has 3 rings (SSSR count). The van der Waals surface area contributed by atoms with Crippen molar-refractivity contribution in [2.75, 3.05) is 20.4 Å². The lowest BCUT2D eigenvalue weighted by Crippen LogP contribution is -2.59. The van der Waals surface area contributed by atoms with Gasteiger partial charge in [0.05, 0.1) is 12.5 Å². The topological polar surface area (TPSA) is 120 Å². The van der Waals surface area contributed by atoms with Crippen molar-refractivity contribution in [3.05, 3.63) is 0 Å². The fraction of sp³-hybridized carbons (Fsp3) is 0.833. The van der Waals surface area contributed by atoms with Gasteiger partial charge in [-0.25, -0.2) is 9.69 Å². The second-order valence-electron chi connectivity index (χ2n) is 5.51. The Kier molecular flexibility index (Phi) is 3.62. The van der Waals surface area contributed by atoms with Gasteiger partial charge in [-0.1, -0.05) is 0 Å². The fourth-order valence-corrected chi connectivity index (χ4v) is 2.99. The molecule has 2 saturated heterocycles. The van der Waals surface area contributed by atoms with Crippen molar-refractivity contribution in [1.29, 1.82) is 0 Å². The van der Waals surface area contributed by atoms with Crippen molar-refractivity contribution in [3.8, 4) is 0 Å². The number of aliphatic hydroxyl groups excluding tert-OH is 3. The van der Waals surface area contributed by atoms with E-state index >= 15 is 0 Å². The third kappa shape index (κ3) is 2.12. The van der Waals surface area contributed by atoms with Crippen molar-refractivity contribution < 1.29 is 34.4 Å². The highest BCUT2D eigenvalue weighted by Gasteiger charge is 2.61. The number of amides is 3. The molecule has 0 aromatic carbocycles. The van der Waals surface area contributed by atoms with Gasteiger partial charge in [0.2, 0.25) is 5.91 Å². The van der Waals surface area contributed by atoms with Crippen LogP contribution in [-0.4, -0.2) is 88.1 Å². The second kappa shape index (κ2) is 5.18. The van der Waals surface area contributed by atoms with Gasteiger partial charge in [0, 0.05) is 13.2 Å². The number of carbonyl (C=O) groups is 2. The lowest BCUT2D eigenvalue weighted by Gasteiger charge is -2.37. The molecule has 3 fully saturated rings. The average molecular weight is 302 g/mol. The van der Waals surface area contributed by atoms with E-state index in [4.69, 9.17) is 14.6 Å². The molecule has 2 aliphatic heterocycles. The Labute approximate surface area is 120 Å². The summed E-state index contributed by atoms with van der Waals surface area (Å²) in [6.07, 6.45) is -4.14. The summed E-state index contributed by atoms with van der Waals surface area (Å²) in [5, 5.41) is 28.9. The van der Waals surface area contributed by atoms with Crippen LogP contribution in [0.5, 0.6) is 0 Å². The summed E-state index contributed by atoms with van der Waals surface area (Å²) >= 11 is 0. The van der Waals surface area contributed by atoms with E-state index in [-0.39, 0.29) is 24.6 Å². The van der Waals surface area contributed by atoms with Crippen LogP contribution in [-0.2, 0) is 14.3 Å². The van der Waals surface area contributed by atoms with Crippen LogP contribution in [0.2, 0.25) is 0 Å². The predicted molar refractivity (Wildman–Crippen MR) is 65.6 cm³/mol. The second-order valence-corrected chi connectivity index (χ2v) is 5.51. The average Bonchev–Trinajstić information content (AvgIpc) is 3.20. The summed E-state index contributed by atoms with van der Waals surface area (Å²) in [5.74, 6) is -0.617. The Bertz CT molecular complexity index is 459. The Hall–Kier alpha value is -1.26. The van der Waals surface area contributed by atoms with Crippen molar-refractivity contribution in [2.45, 2.75) is 37.0 Å². The van der Waals surface area contributed by atoms with E-state index in [0.29, 0.717) is 6.42 Å². The number of rotatable bonds is 4. The van der Waals surface area contributed by atoms with Crippen LogP contribution < -0.4 is 0 Å². The highest BCUT2D eigenvalue weighted by molar-refractivity contribution is 6.00. The molecule has 0 spiro atoms. The van der Waals surface area contributed by atoms with Gasteiger partial charge in [0.15, 0.2) is 6.23 Å². The molecule has 2 heterocycles. The fourth-order valence-electron chi connectivity index (χ4n) is 2.99. The third-order valence-corrected chi connectivity index (χ3v) is 4.20. The minimum absolute atomic E-state index is 0.174. The Balaban J connectivity index is 1.82. The van der Waals surface area contributed by atoms with E-state index in [1.54, 1.807) is 0 Å². The van der Waals surface area contributed by atoms with Gasteiger partial charge in [-0.15, -0.1) is 0 Å². The molecule has 9 heteroatoms. The van der Waals surface area contributed by atoms with E-state index < -0.39 is 37.2 Å². The number of urea groups is 1. The quantitative estimate of drug-likeness (QED) is 0.533. The number of hydrogen-bond acceptors (Lipinski definition) is 7. The zero-order valence-electron chi connectivity index (χ0n) is 11.5. The van der Waals surface area contributed by atoms with E-state index in [0.717, 1.165) is 4.90 Å². The molecule has 0 aromatic rings. The molecular weight excluding hydrogens is 284 g/mol. The first-order valence-corrected chi connectivity index (χ1v) is 6.76.